The first-order valence-corrected chi connectivity index (χ1v) is 6.55. The van der Waals surface area contributed by atoms with E-state index < -0.39 is 0 Å². The lowest BCUT2D eigenvalue weighted by Gasteiger charge is -2.05. The molecule has 0 amide bonds. The van der Waals surface area contributed by atoms with Gasteiger partial charge in [0.05, 0.1) is 13.0 Å². The summed E-state index contributed by atoms with van der Waals surface area (Å²) in [6, 6.07) is 5.67. The Balaban J connectivity index is 2.33. The van der Waals surface area contributed by atoms with Gasteiger partial charge < -0.3 is 9.26 Å². The van der Waals surface area contributed by atoms with Gasteiger partial charge in [-0.3, -0.25) is 4.79 Å². The van der Waals surface area contributed by atoms with Crippen molar-refractivity contribution in [3.8, 4) is 17.1 Å². The second-order valence-corrected chi connectivity index (χ2v) is 4.71. The van der Waals surface area contributed by atoms with Crippen molar-refractivity contribution in [2.24, 2.45) is 0 Å². The Bertz CT molecular complexity index is 619. The first kappa shape index (κ1) is 14.2. The lowest BCUT2D eigenvalue weighted by atomic mass is 10.0. The number of ether oxygens (including phenoxy) is 1. The summed E-state index contributed by atoms with van der Waals surface area (Å²) in [5, 5.41) is 3.96. The fraction of sp³-hybridized carbons (Fsp3) is 0.400. The van der Waals surface area contributed by atoms with Crippen molar-refractivity contribution in [2.45, 2.75) is 33.1 Å². The zero-order valence-corrected chi connectivity index (χ0v) is 12.1. The fourth-order valence-corrected chi connectivity index (χ4v) is 2.15. The molecular weight excluding hydrogens is 256 g/mol. The Labute approximate surface area is 118 Å². The minimum atomic E-state index is -0.324. The second kappa shape index (κ2) is 5.86. The number of benzene rings is 1. The molecule has 2 aromatic rings. The van der Waals surface area contributed by atoms with E-state index in [0.717, 1.165) is 16.9 Å². The molecule has 1 aromatic heterocycles. The highest BCUT2D eigenvalue weighted by molar-refractivity contribution is 5.82. The number of ketones is 1. The Morgan fingerprint density at radius 1 is 1.45 bits per heavy atom. The number of rotatable bonds is 5. The molecule has 5 heteroatoms. The first-order valence-electron chi connectivity index (χ1n) is 6.55. The number of methoxy groups -OCH3 is 1. The van der Waals surface area contributed by atoms with Gasteiger partial charge in [-0.15, -0.1) is 0 Å². The summed E-state index contributed by atoms with van der Waals surface area (Å²) in [7, 11) is 1.63. The Morgan fingerprint density at radius 3 is 2.75 bits per heavy atom. The molecule has 5 nitrogen and oxygen atoms in total. The van der Waals surface area contributed by atoms with Crippen LogP contribution in [0.1, 0.15) is 37.6 Å². The third-order valence-electron chi connectivity index (χ3n) is 3.29. The van der Waals surface area contributed by atoms with Gasteiger partial charge in [0.25, 0.3) is 0 Å². The molecule has 106 valence electrons. The third kappa shape index (κ3) is 2.71. The fourth-order valence-electron chi connectivity index (χ4n) is 2.15. The molecule has 1 aromatic carbocycles. The maximum atomic E-state index is 11.5. The summed E-state index contributed by atoms with van der Waals surface area (Å²) in [4.78, 5) is 15.8. The van der Waals surface area contributed by atoms with Crippen molar-refractivity contribution >= 4 is 5.78 Å². The maximum Gasteiger partial charge on any atom is 0.237 e. The lowest BCUT2D eigenvalue weighted by Crippen LogP contribution is -2.07. The van der Waals surface area contributed by atoms with E-state index in [2.05, 4.69) is 10.1 Å². The van der Waals surface area contributed by atoms with Crippen LogP contribution in [-0.2, 0) is 4.79 Å². The molecular formula is C15H18N2O3. The third-order valence-corrected chi connectivity index (χ3v) is 3.29. The predicted octanol–water partition coefficient (Wildman–Crippen LogP) is 3.14. The van der Waals surface area contributed by atoms with Crippen LogP contribution in [0.25, 0.3) is 11.4 Å². The van der Waals surface area contributed by atoms with Crippen LogP contribution in [0.5, 0.6) is 5.75 Å². The molecule has 0 saturated carbocycles. The highest BCUT2D eigenvalue weighted by Gasteiger charge is 2.22. The number of hydrogen-bond donors (Lipinski definition) is 0. The molecule has 20 heavy (non-hydrogen) atoms. The lowest BCUT2D eigenvalue weighted by molar-refractivity contribution is -0.119. The van der Waals surface area contributed by atoms with Crippen LogP contribution in [0.2, 0.25) is 0 Å². The van der Waals surface area contributed by atoms with Crippen LogP contribution >= 0.6 is 0 Å². The van der Waals surface area contributed by atoms with Crippen molar-refractivity contribution in [3.63, 3.8) is 0 Å². The van der Waals surface area contributed by atoms with Gasteiger partial charge in [0.1, 0.15) is 11.5 Å². The van der Waals surface area contributed by atoms with Gasteiger partial charge in [0, 0.05) is 5.56 Å². The molecule has 0 bridgehead atoms. The van der Waals surface area contributed by atoms with Gasteiger partial charge in [-0.1, -0.05) is 12.1 Å². The molecule has 0 fully saturated rings. The summed E-state index contributed by atoms with van der Waals surface area (Å²) in [5.41, 5.74) is 1.84. The number of Topliss-reactive ketones (excluding diaryl/α,β-unsaturated/α-hetero) is 1. The van der Waals surface area contributed by atoms with Crippen molar-refractivity contribution in [1.82, 2.24) is 10.1 Å². The molecule has 1 atom stereocenters. The average Bonchev–Trinajstić information content (AvgIpc) is 2.88. The number of aromatic nitrogens is 2. The smallest absolute Gasteiger partial charge is 0.237 e. The maximum absolute atomic E-state index is 11.5. The summed E-state index contributed by atoms with van der Waals surface area (Å²) in [5.74, 6) is 1.39. The molecule has 1 unspecified atom stereocenters. The molecule has 0 aliphatic carbocycles. The van der Waals surface area contributed by atoms with Crippen LogP contribution in [0.4, 0.5) is 0 Å². The largest absolute Gasteiger partial charge is 0.496 e. The molecule has 0 saturated heterocycles. The summed E-state index contributed by atoms with van der Waals surface area (Å²) in [6.07, 6.45) is 0.651. The molecule has 0 N–H and O–H groups in total. The second-order valence-electron chi connectivity index (χ2n) is 4.71. The van der Waals surface area contributed by atoms with Gasteiger partial charge in [-0.05, 0) is 44.0 Å². The van der Waals surface area contributed by atoms with Crippen LogP contribution in [0, 0.1) is 6.92 Å². The van der Waals surface area contributed by atoms with E-state index in [4.69, 9.17) is 9.26 Å². The Kier molecular flexibility index (Phi) is 4.17. The zero-order valence-electron chi connectivity index (χ0n) is 12.1. The van der Waals surface area contributed by atoms with E-state index in [1.165, 1.54) is 6.92 Å². The molecule has 1 heterocycles. The SMILES string of the molecule is CCC(C(C)=O)c1nc(-c2ccc(OC)c(C)c2)no1. The van der Waals surface area contributed by atoms with Crippen LogP contribution in [-0.4, -0.2) is 23.0 Å². The molecule has 0 spiro atoms. The van der Waals surface area contributed by atoms with Crippen LogP contribution in [0.15, 0.2) is 22.7 Å². The predicted molar refractivity (Wildman–Crippen MR) is 74.7 cm³/mol. The van der Waals surface area contributed by atoms with Gasteiger partial charge in [-0.25, -0.2) is 0 Å². The minimum absolute atomic E-state index is 0.0358. The van der Waals surface area contributed by atoms with Crippen molar-refractivity contribution in [2.75, 3.05) is 7.11 Å². The van der Waals surface area contributed by atoms with Gasteiger partial charge in [0.15, 0.2) is 0 Å². The normalized spacial score (nSPS) is 12.2. The number of nitrogens with zero attached hydrogens (tertiary/aromatic N) is 2. The highest BCUT2D eigenvalue weighted by atomic mass is 16.5. The number of carbonyl (C=O) groups excluding carboxylic acids is 1. The number of aryl methyl sites for hydroxylation is 1. The molecule has 0 aliphatic rings. The van der Waals surface area contributed by atoms with Crippen LogP contribution in [0.3, 0.4) is 0 Å². The van der Waals surface area contributed by atoms with Crippen molar-refractivity contribution in [3.05, 3.63) is 29.7 Å². The van der Waals surface area contributed by atoms with E-state index in [0.29, 0.717) is 18.1 Å². The Hall–Kier alpha value is -2.17. The van der Waals surface area contributed by atoms with Crippen molar-refractivity contribution < 1.29 is 14.1 Å². The minimum Gasteiger partial charge on any atom is -0.496 e. The number of hydrogen-bond acceptors (Lipinski definition) is 5. The Morgan fingerprint density at radius 2 is 2.20 bits per heavy atom. The molecule has 0 radical (unpaired) electrons. The van der Waals surface area contributed by atoms with E-state index in [1.54, 1.807) is 7.11 Å². The van der Waals surface area contributed by atoms with Crippen molar-refractivity contribution in [1.29, 1.82) is 0 Å². The van der Waals surface area contributed by atoms with Gasteiger partial charge >= 0.3 is 0 Å². The van der Waals surface area contributed by atoms with E-state index in [1.807, 2.05) is 32.0 Å². The standard InChI is InChI=1S/C15H18N2O3/c1-5-12(10(3)18)15-16-14(17-20-15)11-6-7-13(19-4)9(2)8-11/h6-8,12H,5H2,1-4H3. The molecule has 0 aliphatic heterocycles. The summed E-state index contributed by atoms with van der Waals surface area (Å²) < 4.78 is 10.4. The van der Waals surface area contributed by atoms with E-state index in [-0.39, 0.29) is 11.7 Å². The van der Waals surface area contributed by atoms with E-state index in [9.17, 15) is 4.79 Å². The summed E-state index contributed by atoms with van der Waals surface area (Å²) in [6.45, 7) is 5.41. The van der Waals surface area contributed by atoms with Gasteiger partial charge in [0.2, 0.25) is 11.7 Å². The monoisotopic (exact) mass is 274 g/mol. The number of carbonyl (C=O) groups is 1. The van der Waals surface area contributed by atoms with Gasteiger partial charge in [-0.2, -0.15) is 4.98 Å². The highest BCUT2D eigenvalue weighted by Crippen LogP contribution is 2.26. The quantitative estimate of drug-likeness (QED) is 0.838. The topological polar surface area (TPSA) is 65.2 Å². The summed E-state index contributed by atoms with van der Waals surface area (Å²) >= 11 is 0. The average molecular weight is 274 g/mol. The zero-order chi connectivity index (χ0) is 14.7. The molecule has 2 rings (SSSR count). The first-order chi connectivity index (χ1) is 9.56. The van der Waals surface area contributed by atoms with E-state index >= 15 is 0 Å². The van der Waals surface area contributed by atoms with Crippen LogP contribution < -0.4 is 4.74 Å².